The summed E-state index contributed by atoms with van der Waals surface area (Å²) in [7, 11) is 4.81. The van der Waals surface area contributed by atoms with Gasteiger partial charge in [0.05, 0.1) is 27.5 Å². The molecule has 0 saturated carbocycles. The van der Waals surface area contributed by atoms with Gasteiger partial charge >= 0.3 is 0 Å². The first kappa shape index (κ1) is 20.3. The molecule has 1 saturated heterocycles. The Hall–Kier alpha value is -2.44. The van der Waals surface area contributed by atoms with Crippen molar-refractivity contribution in [2.45, 2.75) is 6.54 Å². The fraction of sp³-hybridized carbons (Fsp3) is 0.381. The zero-order valence-electron chi connectivity index (χ0n) is 16.5. The number of halogens is 1. The van der Waals surface area contributed by atoms with Gasteiger partial charge in [0.15, 0.2) is 11.5 Å². The van der Waals surface area contributed by atoms with E-state index in [1.165, 1.54) is 0 Å². The van der Waals surface area contributed by atoms with Crippen LogP contribution in [0, 0.1) is 0 Å². The number of hydrogen-bond acceptors (Lipinski definition) is 6. The first-order valence-electron chi connectivity index (χ1n) is 9.20. The van der Waals surface area contributed by atoms with Gasteiger partial charge in [0.2, 0.25) is 5.75 Å². The van der Waals surface area contributed by atoms with Crippen LogP contribution in [0.4, 0.5) is 0 Å². The highest BCUT2D eigenvalue weighted by atomic mass is 35.5. The molecule has 0 radical (unpaired) electrons. The van der Waals surface area contributed by atoms with Crippen LogP contribution in [0.5, 0.6) is 17.2 Å². The summed E-state index contributed by atoms with van der Waals surface area (Å²) in [5.41, 5.74) is 2.01. The standard InChI is InChI=1S/C21H26ClN3O3/c1-26-19-9-8-16(20(27-2)21(19)28-3)14-23-25-12-10-24(11-13-25)15-17-6-4-5-7-18(17)22/h4-9,14H,10-13,15H2,1-3H3/b23-14-. The third-order valence-electron chi connectivity index (χ3n) is 4.80. The van der Waals surface area contributed by atoms with Crippen LogP contribution >= 0.6 is 11.6 Å². The van der Waals surface area contributed by atoms with E-state index in [1.54, 1.807) is 21.3 Å². The van der Waals surface area contributed by atoms with Gasteiger partial charge in [-0.05, 0) is 23.8 Å². The lowest BCUT2D eigenvalue weighted by atomic mass is 10.2. The van der Waals surface area contributed by atoms with Crippen LogP contribution in [-0.4, -0.2) is 63.6 Å². The number of rotatable bonds is 7. The Balaban J connectivity index is 1.62. The van der Waals surface area contributed by atoms with Crippen molar-refractivity contribution in [1.29, 1.82) is 0 Å². The molecule has 0 unspecified atom stereocenters. The molecule has 0 amide bonds. The van der Waals surface area contributed by atoms with E-state index in [9.17, 15) is 0 Å². The molecular weight excluding hydrogens is 378 g/mol. The number of ether oxygens (including phenoxy) is 3. The summed E-state index contributed by atoms with van der Waals surface area (Å²) in [6.07, 6.45) is 1.81. The average molecular weight is 404 g/mol. The van der Waals surface area contributed by atoms with Crippen molar-refractivity contribution in [2.24, 2.45) is 5.10 Å². The minimum atomic E-state index is 0.568. The highest BCUT2D eigenvalue weighted by molar-refractivity contribution is 6.31. The van der Waals surface area contributed by atoms with E-state index in [0.717, 1.165) is 48.9 Å². The van der Waals surface area contributed by atoms with Crippen LogP contribution in [0.3, 0.4) is 0 Å². The van der Waals surface area contributed by atoms with Gasteiger partial charge in [-0.25, -0.2) is 0 Å². The third kappa shape index (κ3) is 4.69. The largest absolute Gasteiger partial charge is 0.493 e. The molecule has 0 aliphatic carbocycles. The predicted octanol–water partition coefficient (Wildman–Crippen LogP) is 3.52. The van der Waals surface area contributed by atoms with Crippen molar-refractivity contribution in [3.63, 3.8) is 0 Å². The van der Waals surface area contributed by atoms with Gasteiger partial charge in [-0.1, -0.05) is 29.8 Å². The molecule has 150 valence electrons. The number of nitrogens with zero attached hydrogens (tertiary/aromatic N) is 3. The molecule has 0 spiro atoms. The van der Waals surface area contributed by atoms with Crippen molar-refractivity contribution in [2.75, 3.05) is 47.5 Å². The van der Waals surface area contributed by atoms with E-state index in [0.29, 0.717) is 17.2 Å². The maximum atomic E-state index is 6.27. The van der Waals surface area contributed by atoms with Crippen molar-refractivity contribution in [1.82, 2.24) is 9.91 Å². The van der Waals surface area contributed by atoms with Crippen LogP contribution in [0.1, 0.15) is 11.1 Å². The van der Waals surface area contributed by atoms with Gasteiger partial charge in [-0.3, -0.25) is 9.91 Å². The molecule has 0 bridgehead atoms. The second-order valence-corrected chi connectivity index (χ2v) is 6.90. The van der Waals surface area contributed by atoms with E-state index in [1.807, 2.05) is 36.5 Å². The fourth-order valence-electron chi connectivity index (χ4n) is 3.25. The van der Waals surface area contributed by atoms with Gasteiger partial charge < -0.3 is 14.2 Å². The molecule has 1 fully saturated rings. The smallest absolute Gasteiger partial charge is 0.203 e. The quantitative estimate of drug-likeness (QED) is 0.662. The normalized spacial score (nSPS) is 15.1. The summed E-state index contributed by atoms with van der Waals surface area (Å²) in [5.74, 6) is 1.81. The van der Waals surface area contributed by atoms with Crippen molar-refractivity contribution >= 4 is 17.8 Å². The Bertz CT molecular complexity index is 821. The second-order valence-electron chi connectivity index (χ2n) is 6.49. The van der Waals surface area contributed by atoms with Crippen LogP contribution in [-0.2, 0) is 6.54 Å². The van der Waals surface area contributed by atoms with Crippen molar-refractivity contribution in [3.8, 4) is 17.2 Å². The average Bonchev–Trinajstić information content (AvgIpc) is 2.74. The Morgan fingerprint density at radius 2 is 1.64 bits per heavy atom. The van der Waals surface area contributed by atoms with E-state index in [4.69, 9.17) is 25.8 Å². The van der Waals surface area contributed by atoms with Crippen molar-refractivity contribution in [3.05, 3.63) is 52.5 Å². The highest BCUT2D eigenvalue weighted by Gasteiger charge is 2.18. The molecule has 6 nitrogen and oxygen atoms in total. The Morgan fingerprint density at radius 1 is 0.929 bits per heavy atom. The molecule has 2 aromatic carbocycles. The zero-order chi connectivity index (χ0) is 19.9. The van der Waals surface area contributed by atoms with E-state index >= 15 is 0 Å². The number of piperazine rings is 1. The topological polar surface area (TPSA) is 46.5 Å². The number of benzene rings is 2. The molecule has 2 aromatic rings. The molecule has 0 N–H and O–H groups in total. The fourth-order valence-corrected chi connectivity index (χ4v) is 3.44. The van der Waals surface area contributed by atoms with E-state index in [-0.39, 0.29) is 0 Å². The maximum Gasteiger partial charge on any atom is 0.203 e. The number of hydrogen-bond donors (Lipinski definition) is 0. The summed E-state index contributed by atoms with van der Waals surface area (Å²) >= 11 is 6.27. The molecule has 1 aliphatic heterocycles. The predicted molar refractivity (Wildman–Crippen MR) is 112 cm³/mol. The lowest BCUT2D eigenvalue weighted by Gasteiger charge is -2.33. The van der Waals surface area contributed by atoms with Crippen LogP contribution in [0.25, 0.3) is 0 Å². The Labute approximate surface area is 171 Å². The highest BCUT2D eigenvalue weighted by Crippen LogP contribution is 2.39. The summed E-state index contributed by atoms with van der Waals surface area (Å²) in [6, 6.07) is 11.8. The molecule has 0 atom stereocenters. The van der Waals surface area contributed by atoms with Crippen molar-refractivity contribution < 1.29 is 14.2 Å². The van der Waals surface area contributed by atoms with Crippen LogP contribution < -0.4 is 14.2 Å². The van der Waals surface area contributed by atoms with Gasteiger partial charge in [0.1, 0.15) is 0 Å². The monoisotopic (exact) mass is 403 g/mol. The third-order valence-corrected chi connectivity index (χ3v) is 5.16. The lowest BCUT2D eigenvalue weighted by Crippen LogP contribution is -2.43. The number of hydrazone groups is 1. The maximum absolute atomic E-state index is 6.27. The molecular formula is C21H26ClN3O3. The molecule has 3 rings (SSSR count). The van der Waals surface area contributed by atoms with E-state index < -0.39 is 0 Å². The van der Waals surface area contributed by atoms with Crippen LogP contribution in [0.15, 0.2) is 41.5 Å². The van der Waals surface area contributed by atoms with E-state index in [2.05, 4.69) is 21.1 Å². The SMILES string of the molecule is COc1ccc(/C=N\N2CCN(Cc3ccccc3Cl)CC2)c(OC)c1OC. The van der Waals surface area contributed by atoms with Gasteiger partial charge in [-0.2, -0.15) is 5.10 Å². The minimum Gasteiger partial charge on any atom is -0.493 e. The summed E-state index contributed by atoms with van der Waals surface area (Å²) in [5, 5.41) is 7.52. The van der Waals surface area contributed by atoms with Crippen LogP contribution in [0.2, 0.25) is 5.02 Å². The molecule has 7 heteroatoms. The summed E-state index contributed by atoms with van der Waals surface area (Å²) in [4.78, 5) is 2.39. The Morgan fingerprint density at radius 3 is 2.29 bits per heavy atom. The van der Waals surface area contributed by atoms with Gasteiger partial charge in [-0.15, -0.1) is 0 Å². The second kappa shape index (κ2) is 9.66. The van der Waals surface area contributed by atoms with Gasteiger partial charge in [0, 0.05) is 43.3 Å². The summed E-state index contributed by atoms with van der Waals surface area (Å²) < 4.78 is 16.3. The molecule has 1 aliphatic rings. The van der Waals surface area contributed by atoms with Gasteiger partial charge in [0.25, 0.3) is 0 Å². The molecule has 28 heavy (non-hydrogen) atoms. The first-order valence-corrected chi connectivity index (χ1v) is 9.57. The molecule has 1 heterocycles. The lowest BCUT2D eigenvalue weighted by molar-refractivity contribution is 0.131. The summed E-state index contributed by atoms with van der Waals surface area (Å²) in [6.45, 7) is 4.45. The first-order chi connectivity index (χ1) is 13.7. The Kier molecular flexibility index (Phi) is 7.01. The minimum absolute atomic E-state index is 0.568. The molecule has 0 aromatic heterocycles. The zero-order valence-corrected chi connectivity index (χ0v) is 17.3. The number of methoxy groups -OCH3 is 3.